The first-order valence-corrected chi connectivity index (χ1v) is 8.77. The van der Waals surface area contributed by atoms with E-state index in [2.05, 4.69) is 10.3 Å². The number of amides is 2. The van der Waals surface area contributed by atoms with Gasteiger partial charge in [-0.3, -0.25) is 5.32 Å². The number of carbonyl (C=O) groups excluding carboxylic acids is 1. The van der Waals surface area contributed by atoms with Gasteiger partial charge in [0.25, 0.3) is 0 Å². The molecule has 1 aliphatic heterocycles. The Morgan fingerprint density at radius 1 is 1.33 bits per heavy atom. The number of nitrogens with zero attached hydrogens (tertiary/aromatic N) is 2. The highest BCUT2D eigenvalue weighted by molar-refractivity contribution is 7.15. The topological polar surface area (TPSA) is 54.5 Å². The van der Waals surface area contributed by atoms with Crippen LogP contribution in [0.25, 0.3) is 0 Å². The summed E-state index contributed by atoms with van der Waals surface area (Å²) in [6.45, 7) is 2.02. The molecule has 0 radical (unpaired) electrons. The number of aromatic nitrogens is 1. The van der Waals surface area contributed by atoms with E-state index in [0.717, 1.165) is 18.0 Å². The summed E-state index contributed by atoms with van der Waals surface area (Å²) in [5.41, 5.74) is 1.20. The molecule has 2 heterocycles. The van der Waals surface area contributed by atoms with Gasteiger partial charge in [0.2, 0.25) is 0 Å². The second-order valence-electron chi connectivity index (χ2n) is 6.20. The number of rotatable bonds is 2. The van der Waals surface area contributed by atoms with E-state index in [1.807, 2.05) is 4.90 Å². The van der Waals surface area contributed by atoms with Gasteiger partial charge < -0.3 is 9.64 Å². The number of anilines is 1. The summed E-state index contributed by atoms with van der Waals surface area (Å²) < 4.78 is 5.55. The molecule has 1 aromatic rings. The highest BCUT2D eigenvalue weighted by Gasteiger charge is 2.39. The average molecular weight is 307 g/mol. The van der Waals surface area contributed by atoms with Crippen molar-refractivity contribution in [3.05, 3.63) is 10.6 Å². The van der Waals surface area contributed by atoms with Crippen LogP contribution in [-0.2, 0) is 17.6 Å². The standard InChI is InChI=1S/C15H21N3O2S/c19-15(18-7-8-20-9-12(18)10-5-6-10)17-14-16-11-3-1-2-4-13(11)21-14/h10,12H,1-9H2,(H,16,17,19). The van der Waals surface area contributed by atoms with Gasteiger partial charge in [-0.2, -0.15) is 0 Å². The molecular weight excluding hydrogens is 286 g/mol. The lowest BCUT2D eigenvalue weighted by Crippen LogP contribution is -2.51. The minimum absolute atomic E-state index is 0.00120. The van der Waals surface area contributed by atoms with Crippen LogP contribution in [0.15, 0.2) is 0 Å². The molecule has 0 spiro atoms. The van der Waals surface area contributed by atoms with Gasteiger partial charge in [0, 0.05) is 11.4 Å². The number of fused-ring (bicyclic) bond motifs is 1. The van der Waals surface area contributed by atoms with Crippen molar-refractivity contribution in [1.82, 2.24) is 9.88 Å². The van der Waals surface area contributed by atoms with E-state index in [1.54, 1.807) is 11.3 Å². The first kappa shape index (κ1) is 13.5. The number of nitrogens with one attached hydrogen (secondary N) is 1. The maximum atomic E-state index is 12.5. The zero-order chi connectivity index (χ0) is 14.2. The molecular formula is C15H21N3O2S. The largest absolute Gasteiger partial charge is 0.377 e. The van der Waals surface area contributed by atoms with Crippen LogP contribution < -0.4 is 5.32 Å². The van der Waals surface area contributed by atoms with E-state index in [-0.39, 0.29) is 12.1 Å². The molecule has 5 nitrogen and oxygen atoms in total. The molecule has 1 saturated heterocycles. The van der Waals surface area contributed by atoms with Crippen molar-refractivity contribution in [2.24, 2.45) is 5.92 Å². The number of hydrogen-bond acceptors (Lipinski definition) is 4. The fraction of sp³-hybridized carbons (Fsp3) is 0.733. The monoisotopic (exact) mass is 307 g/mol. The smallest absolute Gasteiger partial charge is 0.324 e. The van der Waals surface area contributed by atoms with Gasteiger partial charge in [0.05, 0.1) is 24.9 Å². The van der Waals surface area contributed by atoms with Crippen LogP contribution in [0.5, 0.6) is 0 Å². The molecule has 0 bridgehead atoms. The number of urea groups is 1. The molecule has 21 heavy (non-hydrogen) atoms. The van der Waals surface area contributed by atoms with Gasteiger partial charge in [0.15, 0.2) is 5.13 Å². The van der Waals surface area contributed by atoms with E-state index < -0.39 is 0 Å². The van der Waals surface area contributed by atoms with Crippen LogP contribution in [0, 0.1) is 5.92 Å². The summed E-state index contributed by atoms with van der Waals surface area (Å²) in [6, 6.07) is 0.259. The highest BCUT2D eigenvalue weighted by Crippen LogP contribution is 2.37. The number of thiazole rings is 1. The zero-order valence-corrected chi connectivity index (χ0v) is 13.0. The summed E-state index contributed by atoms with van der Waals surface area (Å²) in [6.07, 6.45) is 7.09. The Hall–Kier alpha value is -1.14. The van der Waals surface area contributed by atoms with Crippen LogP contribution in [0.4, 0.5) is 9.93 Å². The summed E-state index contributed by atoms with van der Waals surface area (Å²) in [7, 11) is 0. The van der Waals surface area contributed by atoms with Crippen molar-refractivity contribution in [3.8, 4) is 0 Å². The van der Waals surface area contributed by atoms with Crippen LogP contribution in [-0.4, -0.2) is 41.7 Å². The Labute approximate surface area is 128 Å². The second-order valence-corrected chi connectivity index (χ2v) is 7.28. The van der Waals surface area contributed by atoms with Crippen molar-refractivity contribution < 1.29 is 9.53 Å². The molecule has 2 amide bonds. The van der Waals surface area contributed by atoms with E-state index in [9.17, 15) is 4.79 Å². The average Bonchev–Trinajstić information content (AvgIpc) is 3.27. The fourth-order valence-electron chi connectivity index (χ4n) is 3.32. The normalized spacial score (nSPS) is 25.5. The molecule has 1 N–H and O–H groups in total. The van der Waals surface area contributed by atoms with Crippen molar-refractivity contribution in [1.29, 1.82) is 0 Å². The Balaban J connectivity index is 1.45. The molecule has 114 valence electrons. The van der Waals surface area contributed by atoms with E-state index >= 15 is 0 Å². The maximum Gasteiger partial charge on any atom is 0.324 e. The number of carbonyl (C=O) groups is 1. The minimum atomic E-state index is 0.00120. The summed E-state index contributed by atoms with van der Waals surface area (Å²) >= 11 is 1.65. The number of ether oxygens (including phenoxy) is 1. The molecule has 3 aliphatic rings. The quantitative estimate of drug-likeness (QED) is 0.914. The summed E-state index contributed by atoms with van der Waals surface area (Å²) in [5, 5.41) is 3.79. The van der Waals surface area contributed by atoms with Crippen molar-refractivity contribution in [2.75, 3.05) is 25.1 Å². The predicted molar refractivity (Wildman–Crippen MR) is 81.8 cm³/mol. The fourth-order valence-corrected chi connectivity index (χ4v) is 4.35. The Kier molecular flexibility index (Phi) is 3.59. The predicted octanol–water partition coefficient (Wildman–Crippen LogP) is 2.66. The third-order valence-electron chi connectivity index (χ3n) is 4.65. The molecule has 2 fully saturated rings. The van der Waals surface area contributed by atoms with E-state index in [1.165, 1.54) is 36.3 Å². The molecule has 4 rings (SSSR count). The second kappa shape index (κ2) is 5.57. The lowest BCUT2D eigenvalue weighted by atomic mass is 10.0. The third kappa shape index (κ3) is 2.79. The van der Waals surface area contributed by atoms with Crippen molar-refractivity contribution in [2.45, 2.75) is 44.6 Å². The molecule has 6 heteroatoms. The zero-order valence-electron chi connectivity index (χ0n) is 12.1. The number of aryl methyl sites for hydroxylation is 2. The van der Waals surface area contributed by atoms with Crippen molar-refractivity contribution >= 4 is 22.5 Å². The molecule has 1 atom stereocenters. The summed E-state index contributed by atoms with van der Waals surface area (Å²) in [5.74, 6) is 0.639. The van der Waals surface area contributed by atoms with Gasteiger partial charge >= 0.3 is 6.03 Å². The third-order valence-corrected chi connectivity index (χ3v) is 5.72. The molecule has 0 aromatic carbocycles. The first-order chi connectivity index (χ1) is 10.3. The Bertz CT molecular complexity index is 518. The maximum absolute atomic E-state index is 12.5. The molecule has 1 saturated carbocycles. The highest BCUT2D eigenvalue weighted by atomic mass is 32.1. The van der Waals surface area contributed by atoms with Gasteiger partial charge in [-0.1, -0.05) is 0 Å². The van der Waals surface area contributed by atoms with Crippen LogP contribution in [0.3, 0.4) is 0 Å². The van der Waals surface area contributed by atoms with Crippen LogP contribution in [0.1, 0.15) is 36.3 Å². The van der Waals surface area contributed by atoms with Crippen LogP contribution in [0.2, 0.25) is 0 Å². The minimum Gasteiger partial charge on any atom is -0.377 e. The first-order valence-electron chi connectivity index (χ1n) is 7.95. The van der Waals surface area contributed by atoms with Gasteiger partial charge in [-0.15, -0.1) is 11.3 Å². The SMILES string of the molecule is O=C(Nc1nc2c(s1)CCCC2)N1CCOCC1C1CC1. The van der Waals surface area contributed by atoms with Gasteiger partial charge in [-0.25, -0.2) is 9.78 Å². The molecule has 2 aliphatic carbocycles. The number of hydrogen-bond donors (Lipinski definition) is 1. The summed E-state index contributed by atoms with van der Waals surface area (Å²) in [4.78, 5) is 20.5. The van der Waals surface area contributed by atoms with E-state index in [0.29, 0.717) is 25.7 Å². The van der Waals surface area contributed by atoms with Gasteiger partial charge in [-0.05, 0) is 44.4 Å². The van der Waals surface area contributed by atoms with Crippen LogP contribution >= 0.6 is 11.3 Å². The molecule has 1 aromatic heterocycles. The van der Waals surface area contributed by atoms with Gasteiger partial charge in [0.1, 0.15) is 0 Å². The molecule has 1 unspecified atom stereocenters. The van der Waals surface area contributed by atoms with E-state index in [4.69, 9.17) is 4.74 Å². The number of morpholine rings is 1. The Morgan fingerprint density at radius 2 is 2.19 bits per heavy atom. The Morgan fingerprint density at radius 3 is 3.00 bits per heavy atom. The van der Waals surface area contributed by atoms with Crippen molar-refractivity contribution in [3.63, 3.8) is 0 Å². The lowest BCUT2D eigenvalue weighted by molar-refractivity contribution is 0.00772. The lowest BCUT2D eigenvalue weighted by Gasteiger charge is -2.35.